The van der Waals surface area contributed by atoms with Crippen molar-refractivity contribution in [1.29, 1.82) is 0 Å². The summed E-state index contributed by atoms with van der Waals surface area (Å²) in [6.45, 7) is 6.36. The highest BCUT2D eigenvalue weighted by molar-refractivity contribution is 6.28. The highest BCUT2D eigenvalue weighted by Gasteiger charge is 2.23. The van der Waals surface area contributed by atoms with Gasteiger partial charge in [-0.15, -0.1) is 0 Å². The lowest BCUT2D eigenvalue weighted by molar-refractivity contribution is 0.102. The van der Waals surface area contributed by atoms with E-state index in [9.17, 15) is 4.79 Å². The van der Waals surface area contributed by atoms with Crippen molar-refractivity contribution in [3.8, 4) is 0 Å². The van der Waals surface area contributed by atoms with Gasteiger partial charge in [0.25, 0.3) is 5.91 Å². The smallest absolute Gasteiger partial charge is 0.255 e. The Morgan fingerprint density at radius 1 is 0.596 bits per heavy atom. The lowest BCUT2D eigenvalue weighted by Gasteiger charge is -2.15. The number of para-hydroxylation sites is 2. The first-order valence-electron chi connectivity index (χ1n) is 17.9. The third-order valence-corrected chi connectivity index (χ3v) is 9.74. The molecule has 6 nitrogen and oxygen atoms in total. The van der Waals surface area contributed by atoms with Gasteiger partial charge in [0.15, 0.2) is 0 Å². The van der Waals surface area contributed by atoms with E-state index in [1.807, 2.05) is 0 Å². The van der Waals surface area contributed by atoms with Gasteiger partial charge in [0, 0.05) is 62.6 Å². The minimum absolute atomic E-state index is 0.207. The zero-order chi connectivity index (χ0) is 32.8. The third kappa shape index (κ3) is 6.83. The molecule has 5 N–H and O–H groups in total. The topological polar surface area (TPSA) is 91.0 Å². The summed E-state index contributed by atoms with van der Waals surface area (Å²) in [5, 5.41) is 8.08. The zero-order valence-electron chi connectivity index (χ0n) is 28.3. The number of benzene rings is 4. The average Bonchev–Trinajstić information content (AvgIpc) is 3.56. The summed E-state index contributed by atoms with van der Waals surface area (Å²) >= 11 is 0. The van der Waals surface area contributed by atoms with Crippen LogP contribution in [0.25, 0.3) is 43.6 Å². The van der Waals surface area contributed by atoms with E-state index in [-0.39, 0.29) is 5.91 Å². The Labute approximate surface area is 279 Å². The molecule has 1 amide bonds. The molecule has 0 bridgehead atoms. The highest BCUT2D eigenvalue weighted by Crippen LogP contribution is 2.44. The van der Waals surface area contributed by atoms with Gasteiger partial charge in [0.2, 0.25) is 0 Å². The largest absolute Gasteiger partial charge is 0.399 e. The quantitative estimate of drug-likeness (QED) is 0.0735. The minimum Gasteiger partial charge on any atom is -0.399 e. The number of nitrogen functional groups attached to an aromatic ring is 2. The van der Waals surface area contributed by atoms with E-state index >= 15 is 0 Å². The SMILES string of the molecule is CCCCCCCCn1c2ccccc2c2c(NC(=O)c3cc(N)cc(N)c3)c3c(cc21)c1ccccc1n3CCCCCCCC. The number of anilines is 3. The number of aromatic nitrogens is 2. The fourth-order valence-electron chi connectivity index (χ4n) is 7.43. The number of rotatable bonds is 16. The van der Waals surface area contributed by atoms with Crippen LogP contribution in [0.2, 0.25) is 0 Å². The molecule has 47 heavy (non-hydrogen) atoms. The summed E-state index contributed by atoms with van der Waals surface area (Å²) in [7, 11) is 0. The van der Waals surface area contributed by atoms with Crippen LogP contribution in [0.15, 0.2) is 72.8 Å². The number of aryl methyl sites for hydroxylation is 2. The Kier molecular flexibility index (Phi) is 10.4. The van der Waals surface area contributed by atoms with Crippen molar-refractivity contribution in [2.75, 3.05) is 16.8 Å². The van der Waals surface area contributed by atoms with Gasteiger partial charge in [-0.25, -0.2) is 0 Å². The van der Waals surface area contributed by atoms with Crippen LogP contribution in [0.1, 0.15) is 101 Å². The van der Waals surface area contributed by atoms with Gasteiger partial charge < -0.3 is 25.9 Å². The van der Waals surface area contributed by atoms with E-state index in [0.717, 1.165) is 53.4 Å². The molecule has 0 atom stereocenters. The molecule has 0 fully saturated rings. The lowest BCUT2D eigenvalue weighted by atomic mass is 10.0. The number of amides is 1. The zero-order valence-corrected chi connectivity index (χ0v) is 28.3. The van der Waals surface area contributed by atoms with Crippen molar-refractivity contribution >= 4 is 66.6 Å². The van der Waals surface area contributed by atoms with Crippen molar-refractivity contribution in [1.82, 2.24) is 9.13 Å². The van der Waals surface area contributed by atoms with Crippen LogP contribution in [0, 0.1) is 0 Å². The van der Waals surface area contributed by atoms with Crippen molar-refractivity contribution < 1.29 is 4.79 Å². The number of nitrogens with two attached hydrogens (primary N) is 2. The second kappa shape index (κ2) is 15.0. The molecule has 0 saturated carbocycles. The number of nitrogens with one attached hydrogen (secondary N) is 1. The van der Waals surface area contributed by atoms with Crippen LogP contribution in [-0.4, -0.2) is 15.0 Å². The summed E-state index contributed by atoms with van der Waals surface area (Å²) in [6.07, 6.45) is 14.8. The predicted octanol–water partition coefficient (Wildman–Crippen LogP) is 11.0. The number of fused-ring (bicyclic) bond motifs is 6. The molecule has 0 radical (unpaired) electrons. The monoisotopic (exact) mass is 629 g/mol. The van der Waals surface area contributed by atoms with Gasteiger partial charge in [0.1, 0.15) is 0 Å². The number of hydrogen-bond donors (Lipinski definition) is 3. The van der Waals surface area contributed by atoms with Crippen LogP contribution >= 0.6 is 0 Å². The Bertz CT molecular complexity index is 1970. The summed E-state index contributed by atoms with van der Waals surface area (Å²) in [5.74, 6) is -0.207. The Morgan fingerprint density at radius 3 is 1.77 bits per heavy atom. The Hall–Kier alpha value is -4.45. The Balaban J connectivity index is 1.54. The van der Waals surface area contributed by atoms with Crippen LogP contribution in [-0.2, 0) is 13.1 Å². The normalized spacial score (nSPS) is 11.8. The second-order valence-electron chi connectivity index (χ2n) is 13.3. The molecule has 0 saturated heterocycles. The third-order valence-electron chi connectivity index (χ3n) is 9.74. The molecule has 0 aliphatic rings. The standard InChI is InChI=1S/C41H51N5O/c1-3-5-7-9-11-17-23-45-36-22-16-14-20-33(36)38-37(45)28-34-32-19-13-15-21-35(32)46(24-18-12-10-8-6-4-2)40(34)39(38)44-41(47)29-25-30(42)27-31(43)26-29/h13-16,19-22,25-28H,3-12,17-18,23-24,42-43H2,1-2H3,(H,44,47). The minimum atomic E-state index is -0.207. The maximum Gasteiger partial charge on any atom is 0.255 e. The van der Waals surface area contributed by atoms with E-state index in [1.54, 1.807) is 18.2 Å². The molecule has 2 heterocycles. The molecule has 6 heteroatoms. The number of nitrogens with zero attached hydrogens (tertiary/aromatic N) is 2. The van der Waals surface area contributed by atoms with E-state index in [1.165, 1.54) is 86.0 Å². The molecule has 6 aromatic rings. The van der Waals surface area contributed by atoms with Crippen molar-refractivity contribution in [2.24, 2.45) is 0 Å². The molecule has 0 aliphatic carbocycles. The fraction of sp³-hybridized carbons (Fsp3) is 0.390. The first kappa shape index (κ1) is 32.5. The predicted molar refractivity (Wildman–Crippen MR) is 202 cm³/mol. The molecule has 246 valence electrons. The van der Waals surface area contributed by atoms with Crippen LogP contribution in [0.5, 0.6) is 0 Å². The van der Waals surface area contributed by atoms with Gasteiger partial charge in [-0.2, -0.15) is 0 Å². The molecule has 0 aliphatic heterocycles. The molecule has 2 aromatic heterocycles. The summed E-state index contributed by atoms with van der Waals surface area (Å²) in [5.41, 5.74) is 19.2. The summed E-state index contributed by atoms with van der Waals surface area (Å²) < 4.78 is 4.94. The van der Waals surface area contributed by atoms with E-state index in [2.05, 4.69) is 82.9 Å². The number of carbonyl (C=O) groups is 1. The van der Waals surface area contributed by atoms with Crippen molar-refractivity contribution in [3.05, 3.63) is 78.4 Å². The Morgan fingerprint density at radius 2 is 1.13 bits per heavy atom. The summed E-state index contributed by atoms with van der Waals surface area (Å²) in [6, 6.07) is 24.8. The van der Waals surface area contributed by atoms with Gasteiger partial charge in [0.05, 0.1) is 16.7 Å². The van der Waals surface area contributed by atoms with E-state index < -0.39 is 0 Å². The first-order valence-corrected chi connectivity index (χ1v) is 17.9. The maximum absolute atomic E-state index is 14.1. The highest BCUT2D eigenvalue weighted by atomic mass is 16.1. The van der Waals surface area contributed by atoms with Crippen LogP contribution in [0.4, 0.5) is 17.1 Å². The van der Waals surface area contributed by atoms with Gasteiger partial charge in [-0.1, -0.05) is 114 Å². The molecule has 0 spiro atoms. The van der Waals surface area contributed by atoms with E-state index in [4.69, 9.17) is 11.5 Å². The van der Waals surface area contributed by atoms with Crippen LogP contribution < -0.4 is 16.8 Å². The van der Waals surface area contributed by atoms with Gasteiger partial charge >= 0.3 is 0 Å². The second-order valence-corrected chi connectivity index (χ2v) is 13.3. The summed E-state index contributed by atoms with van der Waals surface area (Å²) in [4.78, 5) is 14.1. The van der Waals surface area contributed by atoms with Crippen molar-refractivity contribution in [2.45, 2.75) is 104 Å². The van der Waals surface area contributed by atoms with Crippen molar-refractivity contribution in [3.63, 3.8) is 0 Å². The van der Waals surface area contributed by atoms with Gasteiger partial charge in [-0.05, 0) is 49.2 Å². The molecule has 0 unspecified atom stereocenters. The van der Waals surface area contributed by atoms with E-state index in [0.29, 0.717) is 16.9 Å². The number of hydrogen-bond acceptors (Lipinski definition) is 3. The lowest BCUT2D eigenvalue weighted by Crippen LogP contribution is -2.14. The number of carbonyl (C=O) groups excluding carboxylic acids is 1. The molecule has 4 aromatic carbocycles. The number of unbranched alkanes of at least 4 members (excludes halogenated alkanes) is 10. The molecular formula is C41H51N5O. The fourth-order valence-corrected chi connectivity index (χ4v) is 7.43. The first-order chi connectivity index (χ1) is 23.0. The molecular weight excluding hydrogens is 578 g/mol. The van der Waals surface area contributed by atoms with Crippen LogP contribution in [0.3, 0.4) is 0 Å². The average molecular weight is 630 g/mol. The molecule has 6 rings (SSSR count). The van der Waals surface area contributed by atoms with Gasteiger partial charge in [-0.3, -0.25) is 4.79 Å². The maximum atomic E-state index is 14.1.